The number of amides is 1. The number of hydrogen-bond acceptors (Lipinski definition) is 2. The Morgan fingerprint density at radius 2 is 1.26 bits per heavy atom. The van der Waals surface area contributed by atoms with E-state index >= 15 is 0 Å². The van der Waals surface area contributed by atoms with Crippen molar-refractivity contribution in [3.05, 3.63) is 134 Å². The van der Waals surface area contributed by atoms with Crippen LogP contribution in [0.2, 0.25) is 0 Å². The Morgan fingerprint density at radius 1 is 0.667 bits per heavy atom. The standard InChI is InChI=1S/C34H35NO3.Fe/c36-32(18-6-1-2-7-19-33(37)38)35-30-23-21-29(22-24-30)34(28-16-4-3-5-17-28)31(27-14-10-11-15-27)25-20-26-12-8-9-13-26;/h3-5,8-17,21-24H,1-2,6-7,18-20,25H2,(H,35,36)(H,37,38);/q;+2/b34-31-;. The van der Waals surface area contributed by atoms with E-state index in [-0.39, 0.29) is 29.4 Å². The molecule has 0 atom stereocenters. The van der Waals surface area contributed by atoms with Crippen molar-refractivity contribution in [3.8, 4) is 0 Å². The van der Waals surface area contributed by atoms with Gasteiger partial charge in [-0.3, -0.25) is 9.59 Å². The average molecular weight is 562 g/mol. The van der Waals surface area contributed by atoms with Gasteiger partial charge in [0.05, 0.1) is 0 Å². The minimum Gasteiger partial charge on any atom is -0.481 e. The molecule has 4 rings (SSSR count). The fourth-order valence-corrected chi connectivity index (χ4v) is 4.82. The predicted octanol–water partition coefficient (Wildman–Crippen LogP) is 7.44. The molecule has 2 N–H and O–H groups in total. The molecular formula is C34H35FeNO3+2. The second kappa shape index (κ2) is 16.7. The van der Waals surface area contributed by atoms with Crippen LogP contribution in [-0.2, 0) is 26.7 Å². The van der Waals surface area contributed by atoms with Gasteiger partial charge >= 0.3 is 23.0 Å². The average Bonchev–Trinajstić information content (AvgIpc) is 3.65. The molecule has 2 aromatic rings. The van der Waals surface area contributed by atoms with E-state index in [1.165, 1.54) is 28.5 Å². The Labute approximate surface area is 245 Å². The molecule has 0 unspecified atom stereocenters. The van der Waals surface area contributed by atoms with Crippen LogP contribution in [0, 0.1) is 63.2 Å². The van der Waals surface area contributed by atoms with E-state index in [2.05, 4.69) is 93.1 Å². The van der Waals surface area contributed by atoms with Crippen LogP contribution in [0.15, 0.2) is 60.2 Å². The molecule has 39 heavy (non-hydrogen) atoms. The van der Waals surface area contributed by atoms with Gasteiger partial charge in [-0.15, -0.1) is 0 Å². The van der Waals surface area contributed by atoms with Crippen LogP contribution in [0.5, 0.6) is 0 Å². The summed E-state index contributed by atoms with van der Waals surface area (Å²) in [5, 5.41) is 11.7. The van der Waals surface area contributed by atoms with Gasteiger partial charge in [-0.2, -0.15) is 0 Å². The van der Waals surface area contributed by atoms with E-state index in [9.17, 15) is 9.59 Å². The number of carboxylic acids is 1. The van der Waals surface area contributed by atoms with Crippen molar-refractivity contribution < 1.29 is 31.8 Å². The third kappa shape index (κ3) is 9.96. The van der Waals surface area contributed by atoms with E-state index in [0.29, 0.717) is 12.8 Å². The number of carboxylic acid groups (broad SMARTS) is 1. The van der Waals surface area contributed by atoms with Crippen molar-refractivity contribution in [1.29, 1.82) is 0 Å². The van der Waals surface area contributed by atoms with Gasteiger partial charge in [-0.05, 0) is 112 Å². The van der Waals surface area contributed by atoms with Gasteiger partial charge in [0.15, 0.2) is 0 Å². The van der Waals surface area contributed by atoms with Crippen LogP contribution >= 0.6 is 0 Å². The zero-order valence-corrected chi connectivity index (χ0v) is 23.2. The maximum atomic E-state index is 12.4. The molecule has 0 spiro atoms. The van der Waals surface area contributed by atoms with Crippen molar-refractivity contribution in [3.63, 3.8) is 0 Å². The van der Waals surface area contributed by atoms with Crippen molar-refractivity contribution in [1.82, 2.24) is 0 Å². The Hall–Kier alpha value is -2.36. The number of nitrogens with one attached hydrogen (secondary N) is 1. The summed E-state index contributed by atoms with van der Waals surface area (Å²) in [6.45, 7) is 0. The fraction of sp³-hybridized carbons (Fsp3) is 0.235. The summed E-state index contributed by atoms with van der Waals surface area (Å²) in [4.78, 5) is 23.0. The van der Waals surface area contributed by atoms with Crippen LogP contribution in [0.3, 0.4) is 0 Å². The normalized spacial score (nSPS) is 16.5. The Balaban J connectivity index is 0.00000420. The molecule has 2 fully saturated rings. The van der Waals surface area contributed by atoms with E-state index in [1.54, 1.807) is 0 Å². The van der Waals surface area contributed by atoms with Gasteiger partial charge in [0.25, 0.3) is 0 Å². The first-order valence-electron chi connectivity index (χ1n) is 13.4. The van der Waals surface area contributed by atoms with Crippen molar-refractivity contribution in [2.75, 3.05) is 5.32 Å². The third-order valence-corrected chi connectivity index (χ3v) is 6.77. The zero-order valence-electron chi connectivity index (χ0n) is 22.1. The van der Waals surface area contributed by atoms with E-state index in [0.717, 1.165) is 43.4 Å². The molecule has 0 bridgehead atoms. The summed E-state index contributed by atoms with van der Waals surface area (Å²) in [5.74, 6) is 1.79. The van der Waals surface area contributed by atoms with Crippen LogP contribution in [0.1, 0.15) is 62.5 Å². The number of allylic oxidation sites excluding steroid dienone is 1. The van der Waals surface area contributed by atoms with E-state index in [4.69, 9.17) is 5.11 Å². The number of hydrogen-bond donors (Lipinski definition) is 2. The third-order valence-electron chi connectivity index (χ3n) is 6.77. The Kier molecular flexibility index (Phi) is 13.3. The molecule has 10 radical (unpaired) electrons. The van der Waals surface area contributed by atoms with Crippen molar-refractivity contribution >= 4 is 23.1 Å². The molecule has 2 saturated carbocycles. The van der Waals surface area contributed by atoms with E-state index in [1.807, 2.05) is 18.2 Å². The molecule has 2 aliphatic carbocycles. The Bertz CT molecular complexity index is 1050. The topological polar surface area (TPSA) is 66.4 Å². The molecule has 2 aliphatic rings. The molecule has 200 valence electrons. The maximum Gasteiger partial charge on any atom is 2.00 e. The first kappa shape index (κ1) is 31.2. The van der Waals surface area contributed by atoms with Gasteiger partial charge < -0.3 is 10.4 Å². The van der Waals surface area contributed by atoms with Crippen LogP contribution in [-0.4, -0.2) is 17.0 Å². The number of unbranched alkanes of at least 4 members (excludes halogenated alkanes) is 3. The van der Waals surface area contributed by atoms with Gasteiger partial charge in [0.1, 0.15) is 0 Å². The summed E-state index contributed by atoms with van der Waals surface area (Å²) in [7, 11) is 0. The number of carbonyl (C=O) groups excluding carboxylic acids is 1. The number of carbonyl (C=O) groups is 2. The first-order valence-corrected chi connectivity index (χ1v) is 13.4. The van der Waals surface area contributed by atoms with Gasteiger partial charge in [0, 0.05) is 24.4 Å². The largest absolute Gasteiger partial charge is 2.00 e. The molecule has 0 aromatic heterocycles. The SMILES string of the molecule is O=C(O)CCCCCCC(=O)Nc1ccc(/C(=C(/CC[C]2[CH][CH][CH][CH]2)[C]2[CH][CH][CH][CH]2)c2ccccc2)cc1.[Fe+2]. The molecule has 0 heterocycles. The number of aliphatic carboxylic acids is 1. The smallest absolute Gasteiger partial charge is 0.481 e. The van der Waals surface area contributed by atoms with Crippen LogP contribution < -0.4 is 5.32 Å². The molecule has 0 aliphatic heterocycles. The Morgan fingerprint density at radius 3 is 1.90 bits per heavy atom. The van der Waals surface area contributed by atoms with Crippen LogP contribution in [0.25, 0.3) is 5.57 Å². The molecule has 2 aromatic carbocycles. The fourth-order valence-electron chi connectivity index (χ4n) is 4.82. The second-order valence-electron chi connectivity index (χ2n) is 9.62. The summed E-state index contributed by atoms with van der Waals surface area (Å²) in [6.07, 6.45) is 22.7. The quantitative estimate of drug-likeness (QED) is 0.186. The monoisotopic (exact) mass is 561 g/mol. The van der Waals surface area contributed by atoms with E-state index < -0.39 is 5.97 Å². The maximum absolute atomic E-state index is 12.4. The molecule has 0 saturated heterocycles. The van der Waals surface area contributed by atoms with Crippen LogP contribution in [0.4, 0.5) is 5.69 Å². The predicted molar refractivity (Wildman–Crippen MR) is 153 cm³/mol. The second-order valence-corrected chi connectivity index (χ2v) is 9.62. The first-order chi connectivity index (χ1) is 18.6. The van der Waals surface area contributed by atoms with Crippen molar-refractivity contribution in [2.45, 2.75) is 51.4 Å². The minimum atomic E-state index is -0.764. The molecular weight excluding hydrogens is 526 g/mol. The summed E-state index contributed by atoms with van der Waals surface area (Å²) in [5.41, 5.74) is 5.59. The number of anilines is 1. The minimum absolute atomic E-state index is 0. The summed E-state index contributed by atoms with van der Waals surface area (Å²) in [6, 6.07) is 18.6. The summed E-state index contributed by atoms with van der Waals surface area (Å²) < 4.78 is 0. The number of benzene rings is 2. The van der Waals surface area contributed by atoms with Gasteiger partial charge in [0.2, 0.25) is 5.91 Å². The molecule has 1 amide bonds. The van der Waals surface area contributed by atoms with Crippen molar-refractivity contribution in [2.24, 2.45) is 0 Å². The molecule has 5 heteroatoms. The van der Waals surface area contributed by atoms with Gasteiger partial charge in [-0.25, -0.2) is 0 Å². The number of rotatable bonds is 14. The zero-order chi connectivity index (χ0) is 26.6. The molecule has 4 nitrogen and oxygen atoms in total. The summed E-state index contributed by atoms with van der Waals surface area (Å²) >= 11 is 0. The van der Waals surface area contributed by atoms with Gasteiger partial charge in [-0.1, -0.05) is 60.9 Å².